The Balaban J connectivity index is 2.62. The number of nitrogens with one attached hydrogen (secondary N) is 1. The first-order chi connectivity index (χ1) is 5.22. The van der Waals surface area contributed by atoms with Crippen molar-refractivity contribution in [1.29, 1.82) is 0 Å². The maximum Gasteiger partial charge on any atom is 0.0976 e. The summed E-state index contributed by atoms with van der Waals surface area (Å²) >= 11 is 0. The van der Waals surface area contributed by atoms with Gasteiger partial charge in [-0.2, -0.15) is 0 Å². The SMILES string of the molecule is C=C1N(C)C/C=C\NCN1C. The fourth-order valence-electron chi connectivity index (χ4n) is 0.972. The highest BCUT2D eigenvalue weighted by Gasteiger charge is 2.06. The van der Waals surface area contributed by atoms with Crippen LogP contribution >= 0.6 is 0 Å². The molecule has 11 heavy (non-hydrogen) atoms. The van der Waals surface area contributed by atoms with Crippen molar-refractivity contribution in [3.8, 4) is 0 Å². The molecule has 0 atom stereocenters. The van der Waals surface area contributed by atoms with Crippen LogP contribution in [0.4, 0.5) is 0 Å². The van der Waals surface area contributed by atoms with Gasteiger partial charge in [0.05, 0.1) is 12.5 Å². The van der Waals surface area contributed by atoms with Crippen molar-refractivity contribution in [2.45, 2.75) is 0 Å². The van der Waals surface area contributed by atoms with Gasteiger partial charge in [0, 0.05) is 20.6 Å². The molecule has 0 bridgehead atoms. The lowest BCUT2D eigenvalue weighted by atomic mass is 10.4. The molecule has 0 fully saturated rings. The van der Waals surface area contributed by atoms with Crippen molar-refractivity contribution in [1.82, 2.24) is 15.1 Å². The van der Waals surface area contributed by atoms with Crippen molar-refractivity contribution in [2.75, 3.05) is 27.3 Å². The molecule has 0 aromatic heterocycles. The molecule has 3 heteroatoms. The molecule has 1 aliphatic rings. The highest BCUT2D eigenvalue weighted by Crippen LogP contribution is 2.03. The quantitative estimate of drug-likeness (QED) is 0.543. The standard InChI is InChI=1S/C8H15N3/c1-8-10(2)6-4-5-9-7-11(8)3/h4-5,9H,1,6-7H2,2-3H3/b5-4-. The van der Waals surface area contributed by atoms with E-state index in [0.717, 1.165) is 19.0 Å². The highest BCUT2D eigenvalue weighted by atomic mass is 15.3. The van der Waals surface area contributed by atoms with E-state index in [-0.39, 0.29) is 0 Å². The minimum absolute atomic E-state index is 0.819. The molecule has 0 radical (unpaired) electrons. The third-order valence-corrected chi connectivity index (χ3v) is 1.82. The smallest absolute Gasteiger partial charge is 0.0976 e. The molecule has 1 N–H and O–H groups in total. The number of hydrogen-bond acceptors (Lipinski definition) is 3. The monoisotopic (exact) mass is 153 g/mol. The van der Waals surface area contributed by atoms with Gasteiger partial charge in [0.1, 0.15) is 0 Å². The first-order valence-electron chi connectivity index (χ1n) is 3.71. The molecular weight excluding hydrogens is 138 g/mol. The molecular formula is C8H15N3. The van der Waals surface area contributed by atoms with Gasteiger partial charge in [-0.05, 0) is 12.3 Å². The zero-order chi connectivity index (χ0) is 8.27. The molecule has 1 aliphatic heterocycles. The summed E-state index contributed by atoms with van der Waals surface area (Å²) in [5.41, 5.74) is 0. The van der Waals surface area contributed by atoms with Gasteiger partial charge in [0.2, 0.25) is 0 Å². The van der Waals surface area contributed by atoms with Crippen LogP contribution in [-0.4, -0.2) is 37.1 Å². The van der Waals surface area contributed by atoms with E-state index in [0.29, 0.717) is 0 Å². The zero-order valence-corrected chi connectivity index (χ0v) is 7.17. The van der Waals surface area contributed by atoms with Crippen LogP contribution in [0.25, 0.3) is 0 Å². The van der Waals surface area contributed by atoms with Gasteiger partial charge >= 0.3 is 0 Å². The van der Waals surface area contributed by atoms with Crippen molar-refractivity contribution < 1.29 is 0 Å². The van der Waals surface area contributed by atoms with Crippen LogP contribution in [0.15, 0.2) is 24.7 Å². The van der Waals surface area contributed by atoms with Gasteiger partial charge < -0.3 is 15.1 Å². The zero-order valence-electron chi connectivity index (χ0n) is 7.17. The van der Waals surface area contributed by atoms with Crippen LogP contribution in [-0.2, 0) is 0 Å². The normalized spacial score (nSPS) is 22.2. The second kappa shape index (κ2) is 3.32. The van der Waals surface area contributed by atoms with Gasteiger partial charge in [-0.3, -0.25) is 0 Å². The number of rotatable bonds is 0. The summed E-state index contributed by atoms with van der Waals surface area (Å²) in [5, 5.41) is 3.15. The number of hydrogen-bond donors (Lipinski definition) is 1. The Morgan fingerprint density at radius 2 is 2.18 bits per heavy atom. The van der Waals surface area contributed by atoms with Gasteiger partial charge in [-0.15, -0.1) is 0 Å². The molecule has 0 aromatic carbocycles. The van der Waals surface area contributed by atoms with E-state index >= 15 is 0 Å². The summed E-state index contributed by atoms with van der Waals surface area (Å²) in [6.07, 6.45) is 4.05. The summed E-state index contributed by atoms with van der Waals surface area (Å²) in [4.78, 5) is 4.18. The topological polar surface area (TPSA) is 18.5 Å². The minimum atomic E-state index is 0.819. The average Bonchev–Trinajstić information content (AvgIpc) is 2.00. The van der Waals surface area contributed by atoms with E-state index in [1.54, 1.807) is 0 Å². The fraction of sp³-hybridized carbons (Fsp3) is 0.500. The molecule has 1 heterocycles. The summed E-state index contributed by atoms with van der Waals surface area (Å²) in [6, 6.07) is 0. The lowest BCUT2D eigenvalue weighted by molar-refractivity contribution is 0.273. The molecule has 1 rings (SSSR count). The maximum atomic E-state index is 3.96. The molecule has 0 amide bonds. The van der Waals surface area contributed by atoms with Gasteiger partial charge in [-0.25, -0.2) is 0 Å². The van der Waals surface area contributed by atoms with E-state index in [2.05, 4.69) is 27.8 Å². The summed E-state index contributed by atoms with van der Waals surface area (Å²) in [6.45, 7) is 5.69. The molecule has 0 spiro atoms. The molecule has 0 saturated heterocycles. The van der Waals surface area contributed by atoms with Crippen LogP contribution < -0.4 is 5.32 Å². The average molecular weight is 153 g/mol. The second-order valence-electron chi connectivity index (χ2n) is 2.76. The first kappa shape index (κ1) is 7.98. The van der Waals surface area contributed by atoms with E-state index in [9.17, 15) is 0 Å². The molecule has 0 aromatic rings. The van der Waals surface area contributed by atoms with Crippen molar-refractivity contribution in [3.05, 3.63) is 24.7 Å². The lowest BCUT2D eigenvalue weighted by Gasteiger charge is -2.30. The molecule has 62 valence electrons. The Morgan fingerprint density at radius 1 is 1.45 bits per heavy atom. The van der Waals surface area contributed by atoms with Gasteiger partial charge in [-0.1, -0.05) is 6.58 Å². The number of likely N-dealkylation sites (N-methyl/N-ethyl adjacent to an activating group) is 1. The van der Waals surface area contributed by atoms with E-state index in [1.165, 1.54) is 0 Å². The number of nitrogens with zero attached hydrogens (tertiary/aromatic N) is 2. The Bertz CT molecular complexity index is 174. The first-order valence-corrected chi connectivity index (χ1v) is 3.71. The van der Waals surface area contributed by atoms with Crippen molar-refractivity contribution in [2.24, 2.45) is 0 Å². The van der Waals surface area contributed by atoms with Crippen LogP contribution in [0.3, 0.4) is 0 Å². The maximum absolute atomic E-state index is 3.96. The lowest BCUT2D eigenvalue weighted by Crippen LogP contribution is -2.36. The summed E-state index contributed by atoms with van der Waals surface area (Å²) in [7, 11) is 4.06. The third kappa shape index (κ3) is 1.90. The van der Waals surface area contributed by atoms with E-state index in [1.807, 2.05) is 20.3 Å². The molecule has 0 aliphatic carbocycles. The van der Waals surface area contributed by atoms with Gasteiger partial charge in [0.25, 0.3) is 0 Å². The minimum Gasteiger partial charge on any atom is -0.374 e. The van der Waals surface area contributed by atoms with Crippen molar-refractivity contribution in [3.63, 3.8) is 0 Å². The van der Waals surface area contributed by atoms with Crippen LogP contribution in [0.2, 0.25) is 0 Å². The molecule has 0 unspecified atom stereocenters. The summed E-state index contributed by atoms with van der Waals surface area (Å²) in [5.74, 6) is 1.04. The van der Waals surface area contributed by atoms with E-state index in [4.69, 9.17) is 0 Å². The van der Waals surface area contributed by atoms with Crippen LogP contribution in [0.1, 0.15) is 0 Å². The van der Waals surface area contributed by atoms with Crippen molar-refractivity contribution >= 4 is 0 Å². The van der Waals surface area contributed by atoms with E-state index < -0.39 is 0 Å². The fourth-order valence-corrected chi connectivity index (χ4v) is 0.972. The predicted octanol–water partition coefficient (Wildman–Crippen LogP) is 0.396. The molecule has 0 saturated carbocycles. The third-order valence-electron chi connectivity index (χ3n) is 1.82. The Labute approximate surface area is 68.0 Å². The largest absolute Gasteiger partial charge is 0.374 e. The molecule has 3 nitrogen and oxygen atoms in total. The van der Waals surface area contributed by atoms with Crippen LogP contribution in [0, 0.1) is 0 Å². The Morgan fingerprint density at radius 3 is 2.91 bits per heavy atom. The Kier molecular flexibility index (Phi) is 2.41. The highest BCUT2D eigenvalue weighted by molar-refractivity contribution is 4.97. The Hall–Kier alpha value is -1.12. The predicted molar refractivity (Wildman–Crippen MR) is 46.7 cm³/mol. The second-order valence-corrected chi connectivity index (χ2v) is 2.76. The van der Waals surface area contributed by atoms with Gasteiger partial charge in [0.15, 0.2) is 0 Å². The van der Waals surface area contributed by atoms with Crippen LogP contribution in [0.5, 0.6) is 0 Å². The summed E-state index contributed by atoms with van der Waals surface area (Å²) < 4.78 is 0.